The maximum atomic E-state index is 11.7. The highest BCUT2D eigenvalue weighted by molar-refractivity contribution is 9.10. The smallest absolute Gasteiger partial charge is 0.363 e. The Balaban J connectivity index is 2.29. The van der Waals surface area contributed by atoms with E-state index >= 15 is 0 Å². The van der Waals surface area contributed by atoms with Gasteiger partial charge in [0.25, 0.3) is 0 Å². The Hall–Kier alpha value is -2.35. The third-order valence-corrected chi connectivity index (χ3v) is 3.59. The molecule has 1 aliphatic rings. The van der Waals surface area contributed by atoms with Crippen molar-refractivity contribution in [3.05, 3.63) is 27.9 Å². The molecule has 8 heteroatoms. The molecule has 0 spiro atoms. The minimum atomic E-state index is -0.505. The number of hydrogen-bond donors (Lipinski definition) is 0. The van der Waals surface area contributed by atoms with Crippen molar-refractivity contribution in [2.75, 3.05) is 19.8 Å². The van der Waals surface area contributed by atoms with Crippen LogP contribution in [-0.4, -0.2) is 37.7 Å². The quantitative estimate of drug-likeness (QED) is 0.506. The van der Waals surface area contributed by atoms with Crippen molar-refractivity contribution in [2.45, 2.75) is 20.8 Å². The van der Waals surface area contributed by atoms with Crippen LogP contribution in [0.5, 0.6) is 11.5 Å². The summed E-state index contributed by atoms with van der Waals surface area (Å²) in [7, 11) is 0. The average Bonchev–Trinajstić information content (AvgIpc) is 2.84. The number of hydrogen-bond acceptors (Lipinski definition) is 7. The van der Waals surface area contributed by atoms with Crippen LogP contribution in [-0.2, 0) is 19.1 Å². The first kappa shape index (κ1) is 19.0. The summed E-state index contributed by atoms with van der Waals surface area (Å²) in [5.74, 6) is 0.135. The van der Waals surface area contributed by atoms with Gasteiger partial charge >= 0.3 is 11.9 Å². The van der Waals surface area contributed by atoms with Gasteiger partial charge in [-0.25, -0.2) is 14.6 Å². The molecule has 1 aromatic rings. The Morgan fingerprint density at radius 2 is 2.04 bits per heavy atom. The van der Waals surface area contributed by atoms with Gasteiger partial charge < -0.3 is 18.9 Å². The van der Waals surface area contributed by atoms with Crippen molar-refractivity contribution >= 4 is 39.8 Å². The van der Waals surface area contributed by atoms with E-state index in [9.17, 15) is 9.59 Å². The van der Waals surface area contributed by atoms with Crippen LogP contribution in [0.3, 0.4) is 0 Å². The van der Waals surface area contributed by atoms with E-state index in [2.05, 4.69) is 20.9 Å². The topological polar surface area (TPSA) is 83.4 Å². The molecule has 7 nitrogen and oxygen atoms in total. The molecule has 0 saturated carbocycles. The average molecular weight is 412 g/mol. The molecular formula is C17H18BrNO6. The second-order valence-electron chi connectivity index (χ2n) is 4.91. The molecule has 0 saturated heterocycles. The summed E-state index contributed by atoms with van der Waals surface area (Å²) in [5, 5.41) is 0. The first-order valence-electron chi connectivity index (χ1n) is 7.68. The number of cyclic esters (lactones) is 1. The second-order valence-corrected chi connectivity index (χ2v) is 5.76. The molecule has 1 aromatic carbocycles. The highest BCUT2D eigenvalue weighted by atomic mass is 79.9. The second kappa shape index (κ2) is 8.66. The molecule has 0 bridgehead atoms. The van der Waals surface area contributed by atoms with E-state index < -0.39 is 11.9 Å². The highest BCUT2D eigenvalue weighted by Crippen LogP contribution is 2.37. The fraction of sp³-hybridized carbons (Fsp3) is 0.353. The molecule has 1 heterocycles. The first-order valence-corrected chi connectivity index (χ1v) is 8.47. The number of rotatable bonds is 7. The molecule has 1 aliphatic heterocycles. The van der Waals surface area contributed by atoms with Crippen molar-refractivity contribution < 1.29 is 28.5 Å². The van der Waals surface area contributed by atoms with E-state index in [0.717, 1.165) is 0 Å². The molecule has 0 aliphatic carbocycles. The van der Waals surface area contributed by atoms with Crippen LogP contribution in [0.1, 0.15) is 26.3 Å². The summed E-state index contributed by atoms with van der Waals surface area (Å²) >= 11 is 3.40. The standard InChI is InChI=1S/C17H18BrNO6/c1-4-22-14-8-11(7-13-17(21)25-10(3)19-13)6-12(18)16(14)24-9-15(20)23-5-2/h6-8H,4-5,9H2,1-3H3/b13-7+. The van der Waals surface area contributed by atoms with Gasteiger partial charge in [0, 0.05) is 6.92 Å². The Morgan fingerprint density at radius 1 is 1.28 bits per heavy atom. The van der Waals surface area contributed by atoms with Gasteiger partial charge in [0.2, 0.25) is 0 Å². The van der Waals surface area contributed by atoms with Crippen molar-refractivity contribution in [3.8, 4) is 11.5 Å². The van der Waals surface area contributed by atoms with Crippen LogP contribution in [0, 0.1) is 0 Å². The number of carbonyl (C=O) groups is 2. The molecular weight excluding hydrogens is 394 g/mol. The fourth-order valence-electron chi connectivity index (χ4n) is 2.08. The van der Waals surface area contributed by atoms with Gasteiger partial charge in [-0.05, 0) is 53.5 Å². The van der Waals surface area contributed by atoms with Gasteiger partial charge in [-0.15, -0.1) is 0 Å². The van der Waals surface area contributed by atoms with Gasteiger partial charge in [-0.2, -0.15) is 0 Å². The number of esters is 2. The zero-order chi connectivity index (χ0) is 18.4. The van der Waals surface area contributed by atoms with Crippen LogP contribution in [0.25, 0.3) is 6.08 Å². The number of ether oxygens (including phenoxy) is 4. The lowest BCUT2D eigenvalue weighted by molar-refractivity contribution is -0.145. The predicted molar refractivity (Wildman–Crippen MR) is 94.6 cm³/mol. The third kappa shape index (κ3) is 5.06. The minimum Gasteiger partial charge on any atom is -0.490 e. The summed E-state index contributed by atoms with van der Waals surface area (Å²) in [5.41, 5.74) is 0.872. The van der Waals surface area contributed by atoms with E-state index in [1.165, 1.54) is 0 Å². The van der Waals surface area contributed by atoms with Crippen LogP contribution in [0.2, 0.25) is 0 Å². The number of benzene rings is 1. The zero-order valence-electron chi connectivity index (χ0n) is 14.1. The SMILES string of the molecule is CCOC(=O)COc1c(Br)cc(/C=C2/N=C(C)OC2=O)cc1OCC. The van der Waals surface area contributed by atoms with E-state index in [0.29, 0.717) is 34.0 Å². The van der Waals surface area contributed by atoms with Crippen molar-refractivity contribution in [1.29, 1.82) is 0 Å². The summed E-state index contributed by atoms with van der Waals surface area (Å²) in [6.45, 7) is 5.61. The summed E-state index contributed by atoms with van der Waals surface area (Å²) in [6.07, 6.45) is 1.58. The monoisotopic (exact) mass is 411 g/mol. The van der Waals surface area contributed by atoms with Gasteiger partial charge in [-0.3, -0.25) is 0 Å². The highest BCUT2D eigenvalue weighted by Gasteiger charge is 2.20. The Labute approximate surface area is 153 Å². The van der Waals surface area contributed by atoms with Crippen LogP contribution in [0.15, 0.2) is 27.3 Å². The van der Waals surface area contributed by atoms with Crippen molar-refractivity contribution in [1.82, 2.24) is 0 Å². The van der Waals surface area contributed by atoms with Gasteiger partial charge in [-0.1, -0.05) is 0 Å². The van der Waals surface area contributed by atoms with E-state index in [1.54, 1.807) is 32.1 Å². The van der Waals surface area contributed by atoms with Crippen molar-refractivity contribution in [3.63, 3.8) is 0 Å². The van der Waals surface area contributed by atoms with Gasteiger partial charge in [0.15, 0.2) is 29.7 Å². The molecule has 0 aromatic heterocycles. The number of aliphatic imine (C=N–C) groups is 1. The third-order valence-electron chi connectivity index (χ3n) is 3.00. The molecule has 0 amide bonds. The zero-order valence-corrected chi connectivity index (χ0v) is 15.7. The van der Waals surface area contributed by atoms with E-state index in [-0.39, 0.29) is 18.9 Å². The number of carbonyl (C=O) groups excluding carboxylic acids is 2. The lowest BCUT2D eigenvalue weighted by Crippen LogP contribution is -2.15. The molecule has 25 heavy (non-hydrogen) atoms. The summed E-state index contributed by atoms with van der Waals surface area (Å²) in [6, 6.07) is 3.42. The molecule has 0 fully saturated rings. The summed E-state index contributed by atoms with van der Waals surface area (Å²) in [4.78, 5) is 27.2. The van der Waals surface area contributed by atoms with E-state index in [4.69, 9.17) is 18.9 Å². The lowest BCUT2D eigenvalue weighted by atomic mass is 10.1. The molecule has 0 radical (unpaired) electrons. The van der Waals surface area contributed by atoms with Gasteiger partial charge in [0.1, 0.15) is 0 Å². The maximum absolute atomic E-state index is 11.7. The molecule has 0 unspecified atom stereocenters. The molecule has 0 atom stereocenters. The fourth-order valence-corrected chi connectivity index (χ4v) is 2.66. The minimum absolute atomic E-state index is 0.201. The molecule has 134 valence electrons. The van der Waals surface area contributed by atoms with E-state index in [1.807, 2.05) is 6.92 Å². The van der Waals surface area contributed by atoms with Crippen LogP contribution >= 0.6 is 15.9 Å². The largest absolute Gasteiger partial charge is 0.490 e. The van der Waals surface area contributed by atoms with Crippen molar-refractivity contribution in [2.24, 2.45) is 4.99 Å². The molecule has 0 N–H and O–H groups in total. The Morgan fingerprint density at radius 3 is 2.64 bits per heavy atom. The normalized spacial score (nSPS) is 15.0. The number of halogens is 1. The Kier molecular flexibility index (Phi) is 6.58. The lowest BCUT2D eigenvalue weighted by Gasteiger charge is -2.14. The summed E-state index contributed by atoms with van der Waals surface area (Å²) < 4.78 is 21.4. The Bertz CT molecular complexity index is 741. The van der Waals surface area contributed by atoms with Gasteiger partial charge in [0.05, 0.1) is 17.7 Å². The maximum Gasteiger partial charge on any atom is 0.363 e. The van der Waals surface area contributed by atoms with Crippen LogP contribution < -0.4 is 9.47 Å². The first-order chi connectivity index (χ1) is 11.9. The number of nitrogens with zero attached hydrogens (tertiary/aromatic N) is 1. The predicted octanol–water partition coefficient (Wildman–Crippen LogP) is 3.11. The van der Waals surface area contributed by atoms with Crippen LogP contribution in [0.4, 0.5) is 0 Å². The molecule has 2 rings (SSSR count).